The highest BCUT2D eigenvalue weighted by Crippen LogP contribution is 2.58. The predicted octanol–water partition coefficient (Wildman–Crippen LogP) is 2.74. The van der Waals surface area contributed by atoms with E-state index in [1.807, 2.05) is 48.5 Å². The average Bonchev–Trinajstić information content (AvgIpc) is 2.65. The zero-order chi connectivity index (χ0) is 17.6. The van der Waals surface area contributed by atoms with Crippen LogP contribution in [0.25, 0.3) is 0 Å². The number of carbonyl (C=O) groups excluding carboxylic acids is 1. The fourth-order valence-electron chi connectivity index (χ4n) is 4.47. The quantitative estimate of drug-likeness (QED) is 0.685. The monoisotopic (exact) mass is 338 g/mol. The smallest absolute Gasteiger partial charge is 0.312 e. The van der Waals surface area contributed by atoms with Crippen molar-refractivity contribution in [1.82, 2.24) is 0 Å². The van der Waals surface area contributed by atoms with Gasteiger partial charge in [-0.3, -0.25) is 9.59 Å². The van der Waals surface area contributed by atoms with E-state index in [1.165, 1.54) is 7.11 Å². The Morgan fingerprint density at radius 3 is 1.72 bits per heavy atom. The number of carboxylic acid groups (broad SMARTS) is 1. The van der Waals surface area contributed by atoms with Crippen molar-refractivity contribution in [3.63, 3.8) is 0 Å². The average molecular weight is 338 g/mol. The molecule has 0 aliphatic heterocycles. The van der Waals surface area contributed by atoms with E-state index >= 15 is 0 Å². The number of rotatable bonds is 4. The summed E-state index contributed by atoms with van der Waals surface area (Å²) in [6.07, 6.45) is 0. The summed E-state index contributed by atoms with van der Waals surface area (Å²) in [5, 5.41) is 9.92. The molecule has 0 heterocycles. The van der Waals surface area contributed by atoms with Gasteiger partial charge in [0.25, 0.3) is 0 Å². The maximum atomic E-state index is 12.7. The summed E-state index contributed by atoms with van der Waals surface area (Å²) < 4.78 is 10.00. The number of hydrogen-bond acceptors (Lipinski definition) is 4. The summed E-state index contributed by atoms with van der Waals surface area (Å²) in [6, 6.07) is 15.6. The Morgan fingerprint density at radius 1 is 0.880 bits per heavy atom. The molecule has 0 radical (unpaired) electrons. The molecule has 0 fully saturated rings. The second kappa shape index (κ2) is 6.01. The number of ether oxygens (including phenoxy) is 2. The first-order valence-corrected chi connectivity index (χ1v) is 8.21. The summed E-state index contributed by atoms with van der Waals surface area (Å²) >= 11 is 0. The molecule has 2 atom stereocenters. The summed E-state index contributed by atoms with van der Waals surface area (Å²) in [4.78, 5) is 24.8. The molecule has 2 aromatic rings. The van der Waals surface area contributed by atoms with Crippen LogP contribution in [0.1, 0.15) is 34.1 Å². The molecule has 1 N–H and O–H groups in total. The van der Waals surface area contributed by atoms with Crippen molar-refractivity contribution >= 4 is 11.9 Å². The van der Waals surface area contributed by atoms with Crippen LogP contribution in [0.3, 0.4) is 0 Å². The molecule has 0 amide bonds. The Hall–Kier alpha value is -2.66. The van der Waals surface area contributed by atoms with Crippen LogP contribution in [0, 0.1) is 11.8 Å². The molecule has 2 unspecified atom stereocenters. The van der Waals surface area contributed by atoms with Gasteiger partial charge >= 0.3 is 11.9 Å². The third kappa shape index (κ3) is 2.27. The van der Waals surface area contributed by atoms with E-state index in [4.69, 9.17) is 9.47 Å². The van der Waals surface area contributed by atoms with Crippen molar-refractivity contribution in [2.45, 2.75) is 11.8 Å². The van der Waals surface area contributed by atoms with E-state index < -0.39 is 23.8 Å². The zero-order valence-corrected chi connectivity index (χ0v) is 13.7. The van der Waals surface area contributed by atoms with Gasteiger partial charge in [-0.25, -0.2) is 0 Å². The molecule has 25 heavy (non-hydrogen) atoms. The lowest BCUT2D eigenvalue weighted by atomic mass is 9.54. The maximum Gasteiger partial charge on any atom is 0.312 e. The van der Waals surface area contributed by atoms with Crippen LogP contribution in [0.15, 0.2) is 48.5 Å². The van der Waals surface area contributed by atoms with Gasteiger partial charge in [-0.2, -0.15) is 0 Å². The molecule has 2 aromatic carbocycles. The normalized spacial score (nSPS) is 25.8. The van der Waals surface area contributed by atoms with Gasteiger partial charge in [0.2, 0.25) is 0 Å². The van der Waals surface area contributed by atoms with Gasteiger partial charge in [0.1, 0.15) is 0 Å². The molecule has 3 aliphatic rings. The van der Waals surface area contributed by atoms with Crippen LogP contribution in [-0.2, 0) is 19.1 Å². The molecular formula is C20H18O5. The van der Waals surface area contributed by atoms with Gasteiger partial charge in [-0.05, 0) is 22.3 Å². The number of methoxy groups -OCH3 is 1. The summed E-state index contributed by atoms with van der Waals surface area (Å²) in [5.74, 6) is -3.77. The lowest BCUT2D eigenvalue weighted by Crippen LogP contribution is -2.47. The fourth-order valence-corrected chi connectivity index (χ4v) is 4.47. The van der Waals surface area contributed by atoms with Gasteiger partial charge in [0.05, 0.1) is 11.8 Å². The third-order valence-corrected chi connectivity index (χ3v) is 5.31. The minimum atomic E-state index is -0.974. The molecule has 0 spiro atoms. The molecule has 3 aliphatic carbocycles. The molecule has 0 aromatic heterocycles. The third-order valence-electron chi connectivity index (χ3n) is 5.31. The van der Waals surface area contributed by atoms with Gasteiger partial charge in [-0.15, -0.1) is 0 Å². The Balaban J connectivity index is 1.92. The first kappa shape index (κ1) is 15.8. The van der Waals surface area contributed by atoms with Crippen molar-refractivity contribution in [1.29, 1.82) is 0 Å². The Labute approximate surface area is 145 Å². The van der Waals surface area contributed by atoms with E-state index in [2.05, 4.69) is 0 Å². The van der Waals surface area contributed by atoms with E-state index in [9.17, 15) is 14.7 Å². The number of benzene rings is 2. The highest BCUT2D eigenvalue weighted by atomic mass is 16.7. The number of esters is 1. The number of carbonyl (C=O) groups is 2. The van der Waals surface area contributed by atoms with Gasteiger partial charge in [-0.1, -0.05) is 48.5 Å². The summed E-state index contributed by atoms with van der Waals surface area (Å²) in [7, 11) is 1.43. The fraction of sp³-hybridized carbons (Fsp3) is 0.300. The van der Waals surface area contributed by atoms with Crippen molar-refractivity contribution in [2.24, 2.45) is 11.8 Å². The second-order valence-corrected chi connectivity index (χ2v) is 6.47. The lowest BCUT2D eigenvalue weighted by Gasteiger charge is -2.47. The van der Waals surface area contributed by atoms with Crippen molar-refractivity contribution < 1.29 is 24.2 Å². The van der Waals surface area contributed by atoms with E-state index in [1.54, 1.807) is 0 Å². The molecule has 5 heteroatoms. The Bertz CT molecular complexity index is 796. The van der Waals surface area contributed by atoms with Gasteiger partial charge < -0.3 is 14.6 Å². The number of aliphatic carboxylic acids is 1. The minimum Gasteiger partial charge on any atom is -0.481 e. The number of carboxylic acids is 1. The van der Waals surface area contributed by atoms with Crippen LogP contribution in [-0.4, -0.2) is 30.9 Å². The van der Waals surface area contributed by atoms with Crippen LogP contribution >= 0.6 is 0 Å². The van der Waals surface area contributed by atoms with Gasteiger partial charge in [0, 0.05) is 18.9 Å². The molecule has 128 valence electrons. The SMILES string of the molecule is COCOC(=O)C1C2c3ccccc3C(c3ccccc32)C1C(=O)O. The van der Waals surface area contributed by atoms with Crippen LogP contribution in [0.4, 0.5) is 0 Å². The van der Waals surface area contributed by atoms with Crippen LogP contribution in [0.2, 0.25) is 0 Å². The van der Waals surface area contributed by atoms with Crippen molar-refractivity contribution in [2.75, 3.05) is 13.9 Å². The first-order chi connectivity index (χ1) is 12.1. The molecule has 2 bridgehead atoms. The highest BCUT2D eigenvalue weighted by Gasteiger charge is 2.55. The predicted molar refractivity (Wildman–Crippen MR) is 89.2 cm³/mol. The van der Waals surface area contributed by atoms with E-state index in [0.717, 1.165) is 22.3 Å². The van der Waals surface area contributed by atoms with Crippen molar-refractivity contribution in [3.8, 4) is 0 Å². The summed E-state index contributed by atoms with van der Waals surface area (Å²) in [6.45, 7) is -0.178. The zero-order valence-electron chi connectivity index (χ0n) is 13.7. The first-order valence-electron chi connectivity index (χ1n) is 8.21. The molecular weight excluding hydrogens is 320 g/mol. The van der Waals surface area contributed by atoms with Crippen molar-refractivity contribution in [3.05, 3.63) is 70.8 Å². The largest absolute Gasteiger partial charge is 0.481 e. The van der Waals surface area contributed by atoms with E-state index in [0.29, 0.717) is 0 Å². The Kier molecular flexibility index (Phi) is 3.81. The Morgan fingerprint density at radius 2 is 1.32 bits per heavy atom. The minimum absolute atomic E-state index is 0.178. The maximum absolute atomic E-state index is 12.7. The lowest BCUT2D eigenvalue weighted by molar-refractivity contribution is -0.168. The molecule has 0 saturated heterocycles. The van der Waals surface area contributed by atoms with Gasteiger partial charge in [0.15, 0.2) is 6.79 Å². The second-order valence-electron chi connectivity index (χ2n) is 6.47. The topological polar surface area (TPSA) is 72.8 Å². The standard InChI is InChI=1S/C20H18O5/c1-24-10-25-20(23)18-16-13-8-4-2-6-11(13)15(17(18)19(21)22)12-7-3-5-9-14(12)16/h2-9,15-18H,10H2,1H3,(H,21,22). The van der Waals surface area contributed by atoms with Crippen LogP contribution < -0.4 is 0 Å². The molecule has 5 rings (SSSR count). The van der Waals surface area contributed by atoms with E-state index in [-0.39, 0.29) is 18.6 Å². The molecule has 5 nitrogen and oxygen atoms in total. The summed E-state index contributed by atoms with van der Waals surface area (Å²) in [5.41, 5.74) is 4.02. The number of hydrogen-bond donors (Lipinski definition) is 1. The molecule has 0 saturated carbocycles. The number of fused-ring (bicyclic) bond motifs is 1. The highest BCUT2D eigenvalue weighted by molar-refractivity contribution is 5.87. The van der Waals surface area contributed by atoms with Crippen LogP contribution in [0.5, 0.6) is 0 Å².